The number of amides is 1. The number of hydrogen-bond acceptors (Lipinski definition) is 3. The highest BCUT2D eigenvalue weighted by molar-refractivity contribution is 5.94. The first-order valence-corrected chi connectivity index (χ1v) is 9.05. The van der Waals surface area contributed by atoms with Gasteiger partial charge >= 0.3 is 0 Å². The Kier molecular flexibility index (Phi) is 5.95. The second-order valence-electron chi connectivity index (χ2n) is 6.74. The summed E-state index contributed by atoms with van der Waals surface area (Å²) in [4.78, 5) is 14.6. The van der Waals surface area contributed by atoms with Gasteiger partial charge in [0.2, 0.25) is 5.91 Å². The second kappa shape index (κ2) is 8.56. The summed E-state index contributed by atoms with van der Waals surface area (Å²) < 4.78 is 11.2. The highest BCUT2D eigenvalue weighted by atomic mass is 16.6. The SMILES string of the molecule is CC(C)CC(=O)N(C/C=C/c1ccccc1)c1ccc2c(c1)OCCO2. The van der Waals surface area contributed by atoms with Crippen molar-refractivity contribution in [3.05, 3.63) is 60.2 Å². The number of benzene rings is 2. The summed E-state index contributed by atoms with van der Waals surface area (Å²) in [5, 5.41) is 0. The first-order valence-electron chi connectivity index (χ1n) is 9.05. The van der Waals surface area contributed by atoms with Gasteiger partial charge in [0.25, 0.3) is 0 Å². The van der Waals surface area contributed by atoms with Crippen LogP contribution in [-0.2, 0) is 4.79 Å². The largest absolute Gasteiger partial charge is 0.486 e. The number of carbonyl (C=O) groups excluding carboxylic acids is 1. The van der Waals surface area contributed by atoms with E-state index in [1.807, 2.05) is 60.7 Å². The molecule has 0 fully saturated rings. The molecule has 0 N–H and O–H groups in total. The molecule has 0 aliphatic carbocycles. The summed E-state index contributed by atoms with van der Waals surface area (Å²) >= 11 is 0. The van der Waals surface area contributed by atoms with E-state index in [0.29, 0.717) is 37.8 Å². The maximum absolute atomic E-state index is 12.8. The lowest BCUT2D eigenvalue weighted by molar-refractivity contribution is -0.119. The average Bonchev–Trinajstić information content (AvgIpc) is 2.65. The van der Waals surface area contributed by atoms with Crippen molar-refractivity contribution in [1.82, 2.24) is 0 Å². The minimum Gasteiger partial charge on any atom is -0.486 e. The zero-order valence-electron chi connectivity index (χ0n) is 15.4. The van der Waals surface area contributed by atoms with Crippen LogP contribution in [0.2, 0.25) is 0 Å². The zero-order chi connectivity index (χ0) is 18.4. The quantitative estimate of drug-likeness (QED) is 0.766. The molecule has 4 nitrogen and oxygen atoms in total. The number of nitrogens with zero attached hydrogens (tertiary/aromatic N) is 1. The minimum absolute atomic E-state index is 0.106. The van der Waals surface area contributed by atoms with Crippen LogP contribution in [0.3, 0.4) is 0 Å². The van der Waals surface area contributed by atoms with Crippen molar-refractivity contribution in [3.8, 4) is 11.5 Å². The minimum atomic E-state index is 0.106. The van der Waals surface area contributed by atoms with Gasteiger partial charge in [-0.15, -0.1) is 0 Å². The Hall–Kier alpha value is -2.75. The summed E-state index contributed by atoms with van der Waals surface area (Å²) in [7, 11) is 0. The van der Waals surface area contributed by atoms with Crippen LogP contribution in [0.1, 0.15) is 25.8 Å². The smallest absolute Gasteiger partial charge is 0.227 e. The van der Waals surface area contributed by atoms with Crippen LogP contribution in [0.25, 0.3) is 6.08 Å². The van der Waals surface area contributed by atoms with Crippen LogP contribution in [0.5, 0.6) is 11.5 Å². The van der Waals surface area contributed by atoms with Gasteiger partial charge < -0.3 is 14.4 Å². The molecule has 0 saturated carbocycles. The van der Waals surface area contributed by atoms with Gasteiger partial charge in [0.1, 0.15) is 13.2 Å². The molecule has 1 aliphatic rings. The van der Waals surface area contributed by atoms with Crippen LogP contribution >= 0.6 is 0 Å². The lowest BCUT2D eigenvalue weighted by Crippen LogP contribution is -2.32. The van der Waals surface area contributed by atoms with Crippen LogP contribution in [-0.4, -0.2) is 25.7 Å². The molecule has 0 bridgehead atoms. The van der Waals surface area contributed by atoms with Gasteiger partial charge in [-0.05, 0) is 23.6 Å². The predicted octanol–water partition coefficient (Wildman–Crippen LogP) is 4.55. The Balaban J connectivity index is 1.81. The van der Waals surface area contributed by atoms with E-state index in [4.69, 9.17) is 9.47 Å². The Morgan fingerprint density at radius 2 is 1.81 bits per heavy atom. The highest BCUT2D eigenvalue weighted by Gasteiger charge is 2.19. The number of rotatable bonds is 6. The fourth-order valence-electron chi connectivity index (χ4n) is 2.87. The van der Waals surface area contributed by atoms with E-state index >= 15 is 0 Å². The van der Waals surface area contributed by atoms with Crippen LogP contribution in [0, 0.1) is 5.92 Å². The van der Waals surface area contributed by atoms with Gasteiger partial charge in [-0.1, -0.05) is 56.3 Å². The van der Waals surface area contributed by atoms with E-state index in [0.717, 1.165) is 17.0 Å². The predicted molar refractivity (Wildman–Crippen MR) is 105 cm³/mol. The number of fused-ring (bicyclic) bond motifs is 1. The third-order valence-corrected chi connectivity index (χ3v) is 4.12. The molecule has 2 aromatic carbocycles. The molecular weight excluding hydrogens is 326 g/mol. The molecule has 1 heterocycles. The number of ether oxygens (including phenoxy) is 2. The molecule has 0 radical (unpaired) electrons. The summed E-state index contributed by atoms with van der Waals surface area (Å²) in [5.74, 6) is 1.84. The summed E-state index contributed by atoms with van der Waals surface area (Å²) in [5.41, 5.74) is 1.95. The second-order valence-corrected chi connectivity index (χ2v) is 6.74. The third kappa shape index (κ3) is 4.66. The fourth-order valence-corrected chi connectivity index (χ4v) is 2.87. The van der Waals surface area contributed by atoms with Gasteiger partial charge in [0, 0.05) is 24.7 Å². The van der Waals surface area contributed by atoms with Gasteiger partial charge in [0.05, 0.1) is 0 Å². The Labute approximate surface area is 155 Å². The van der Waals surface area contributed by atoms with E-state index in [2.05, 4.69) is 13.8 Å². The molecule has 0 atom stereocenters. The summed E-state index contributed by atoms with van der Waals surface area (Å²) in [6.45, 7) is 5.71. The summed E-state index contributed by atoms with van der Waals surface area (Å²) in [6.07, 6.45) is 4.56. The number of anilines is 1. The fraction of sp³-hybridized carbons (Fsp3) is 0.318. The monoisotopic (exact) mass is 351 g/mol. The molecule has 26 heavy (non-hydrogen) atoms. The number of carbonyl (C=O) groups is 1. The molecule has 2 aromatic rings. The first-order chi connectivity index (χ1) is 12.6. The van der Waals surface area contributed by atoms with Crippen molar-refractivity contribution >= 4 is 17.7 Å². The van der Waals surface area contributed by atoms with E-state index in [9.17, 15) is 4.79 Å². The third-order valence-electron chi connectivity index (χ3n) is 4.12. The Morgan fingerprint density at radius 3 is 2.54 bits per heavy atom. The van der Waals surface area contributed by atoms with Crippen molar-refractivity contribution in [2.45, 2.75) is 20.3 Å². The van der Waals surface area contributed by atoms with Crippen LogP contribution < -0.4 is 14.4 Å². The zero-order valence-corrected chi connectivity index (χ0v) is 15.4. The van der Waals surface area contributed by atoms with Crippen molar-refractivity contribution < 1.29 is 14.3 Å². The molecule has 4 heteroatoms. The maximum Gasteiger partial charge on any atom is 0.227 e. The topological polar surface area (TPSA) is 38.8 Å². The van der Waals surface area contributed by atoms with Crippen LogP contribution in [0.4, 0.5) is 5.69 Å². The van der Waals surface area contributed by atoms with Crippen LogP contribution in [0.15, 0.2) is 54.6 Å². The lowest BCUT2D eigenvalue weighted by Gasteiger charge is -2.25. The molecule has 0 aromatic heterocycles. The van der Waals surface area contributed by atoms with Crippen molar-refractivity contribution in [2.75, 3.05) is 24.7 Å². The maximum atomic E-state index is 12.8. The van der Waals surface area contributed by atoms with E-state index < -0.39 is 0 Å². The molecule has 3 rings (SSSR count). The molecule has 1 aliphatic heterocycles. The van der Waals surface area contributed by atoms with Gasteiger partial charge in [-0.3, -0.25) is 4.79 Å². The average molecular weight is 351 g/mol. The van der Waals surface area contributed by atoms with Gasteiger partial charge in [0.15, 0.2) is 11.5 Å². The van der Waals surface area contributed by atoms with Gasteiger partial charge in [-0.25, -0.2) is 0 Å². The van der Waals surface area contributed by atoms with E-state index in [1.165, 1.54) is 0 Å². The molecule has 0 unspecified atom stereocenters. The van der Waals surface area contributed by atoms with Crippen molar-refractivity contribution in [2.24, 2.45) is 5.92 Å². The molecule has 1 amide bonds. The van der Waals surface area contributed by atoms with Crippen molar-refractivity contribution in [3.63, 3.8) is 0 Å². The molecular formula is C22H25NO3. The van der Waals surface area contributed by atoms with Crippen molar-refractivity contribution in [1.29, 1.82) is 0 Å². The van der Waals surface area contributed by atoms with E-state index in [-0.39, 0.29) is 5.91 Å². The highest BCUT2D eigenvalue weighted by Crippen LogP contribution is 2.34. The lowest BCUT2D eigenvalue weighted by atomic mass is 10.1. The normalized spacial score (nSPS) is 13.2. The molecule has 136 valence electrons. The summed E-state index contributed by atoms with van der Waals surface area (Å²) in [6, 6.07) is 15.8. The molecule has 0 saturated heterocycles. The first kappa shape index (κ1) is 18.1. The number of hydrogen-bond donors (Lipinski definition) is 0. The molecule has 0 spiro atoms. The Bertz CT molecular complexity index is 768. The van der Waals surface area contributed by atoms with E-state index in [1.54, 1.807) is 4.90 Å². The Morgan fingerprint density at radius 1 is 1.08 bits per heavy atom. The van der Waals surface area contributed by atoms with Gasteiger partial charge in [-0.2, -0.15) is 0 Å². The standard InChI is InChI=1S/C22H25NO3/c1-17(2)15-22(24)23(12-6-9-18-7-4-3-5-8-18)19-10-11-20-21(16-19)26-14-13-25-20/h3-11,16-17H,12-15H2,1-2H3/b9-6+.